The maximum Gasteiger partial charge on any atom is 0.290 e. The molecule has 7 nitrogen and oxygen atoms in total. The SMILES string of the molecule is Cc1ccc(C(=O)C2=C(O)C(=O)N(Cc3ccco3)C2c2ccc(O)cc2)o1. The number of phenolic OH excluding ortho intramolecular Hbond substituents is 1. The smallest absolute Gasteiger partial charge is 0.290 e. The topological polar surface area (TPSA) is 104 Å². The van der Waals surface area contributed by atoms with E-state index in [2.05, 4.69) is 0 Å². The molecule has 3 aromatic rings. The van der Waals surface area contributed by atoms with E-state index in [1.54, 1.807) is 37.3 Å². The third kappa shape index (κ3) is 2.96. The molecule has 1 aromatic carbocycles. The maximum atomic E-state index is 13.1. The standard InChI is InChI=1S/C21H17NO6/c1-12-4-9-16(28-12)19(24)17-18(13-5-7-14(23)8-6-13)22(21(26)20(17)25)11-15-3-2-10-27-15/h2-10,18,23,25H,11H2,1H3. The largest absolute Gasteiger partial charge is 0.508 e. The van der Waals surface area contributed by atoms with E-state index in [1.165, 1.54) is 29.4 Å². The number of aliphatic hydroxyl groups excluding tert-OH is 1. The van der Waals surface area contributed by atoms with Crippen LogP contribution in [0.15, 0.2) is 75.0 Å². The van der Waals surface area contributed by atoms with Crippen molar-refractivity contribution in [3.8, 4) is 5.75 Å². The minimum Gasteiger partial charge on any atom is -0.508 e. The zero-order valence-electron chi connectivity index (χ0n) is 15.0. The Balaban J connectivity index is 1.80. The Morgan fingerprint density at radius 1 is 1.11 bits per heavy atom. The quantitative estimate of drug-likeness (QED) is 0.656. The summed E-state index contributed by atoms with van der Waals surface area (Å²) >= 11 is 0. The second-order valence-electron chi connectivity index (χ2n) is 6.51. The van der Waals surface area contributed by atoms with Gasteiger partial charge in [0.25, 0.3) is 5.91 Å². The first-order valence-corrected chi connectivity index (χ1v) is 8.62. The summed E-state index contributed by atoms with van der Waals surface area (Å²) in [6.45, 7) is 1.76. The van der Waals surface area contributed by atoms with Gasteiger partial charge in [0.1, 0.15) is 17.3 Å². The summed E-state index contributed by atoms with van der Waals surface area (Å²) in [6.07, 6.45) is 1.48. The van der Waals surface area contributed by atoms with E-state index in [-0.39, 0.29) is 23.6 Å². The van der Waals surface area contributed by atoms with Crippen LogP contribution < -0.4 is 0 Å². The molecule has 0 bridgehead atoms. The van der Waals surface area contributed by atoms with Gasteiger partial charge in [0, 0.05) is 0 Å². The van der Waals surface area contributed by atoms with Gasteiger partial charge < -0.3 is 23.9 Å². The second kappa shape index (κ2) is 6.77. The number of rotatable bonds is 5. The number of ketones is 1. The number of aryl methyl sites for hydroxylation is 1. The van der Waals surface area contributed by atoms with Gasteiger partial charge >= 0.3 is 0 Å². The maximum absolute atomic E-state index is 13.1. The van der Waals surface area contributed by atoms with E-state index in [1.807, 2.05) is 0 Å². The summed E-state index contributed by atoms with van der Waals surface area (Å²) in [6, 6.07) is 11.8. The predicted molar refractivity (Wildman–Crippen MR) is 97.5 cm³/mol. The van der Waals surface area contributed by atoms with Crippen molar-refractivity contribution in [2.75, 3.05) is 0 Å². The summed E-state index contributed by atoms with van der Waals surface area (Å²) in [7, 11) is 0. The molecule has 0 saturated heterocycles. The Morgan fingerprint density at radius 2 is 1.86 bits per heavy atom. The van der Waals surface area contributed by atoms with Gasteiger partial charge in [0.15, 0.2) is 11.5 Å². The molecule has 1 unspecified atom stereocenters. The van der Waals surface area contributed by atoms with Crippen LogP contribution in [0.3, 0.4) is 0 Å². The number of phenols is 1. The van der Waals surface area contributed by atoms with Crippen LogP contribution >= 0.6 is 0 Å². The van der Waals surface area contributed by atoms with Crippen molar-refractivity contribution in [2.24, 2.45) is 0 Å². The third-order valence-corrected chi connectivity index (χ3v) is 4.63. The molecule has 0 aliphatic carbocycles. The van der Waals surface area contributed by atoms with Gasteiger partial charge in [-0.3, -0.25) is 9.59 Å². The highest BCUT2D eigenvalue weighted by Gasteiger charge is 2.44. The number of carbonyl (C=O) groups excluding carboxylic acids is 2. The Bertz CT molecular complexity index is 1060. The summed E-state index contributed by atoms with van der Waals surface area (Å²) in [4.78, 5) is 27.2. The van der Waals surface area contributed by atoms with Crippen molar-refractivity contribution in [3.63, 3.8) is 0 Å². The third-order valence-electron chi connectivity index (χ3n) is 4.63. The lowest BCUT2D eigenvalue weighted by Gasteiger charge is -2.25. The lowest BCUT2D eigenvalue weighted by Crippen LogP contribution is -2.30. The molecule has 7 heteroatoms. The first-order valence-electron chi connectivity index (χ1n) is 8.62. The molecule has 28 heavy (non-hydrogen) atoms. The Morgan fingerprint density at radius 3 is 2.46 bits per heavy atom. The number of hydrogen-bond acceptors (Lipinski definition) is 6. The molecule has 1 amide bonds. The fourth-order valence-electron chi connectivity index (χ4n) is 3.31. The van der Waals surface area contributed by atoms with Crippen LogP contribution in [-0.2, 0) is 11.3 Å². The molecule has 3 heterocycles. The van der Waals surface area contributed by atoms with E-state index in [4.69, 9.17) is 8.83 Å². The van der Waals surface area contributed by atoms with Gasteiger partial charge in [-0.1, -0.05) is 12.1 Å². The average molecular weight is 379 g/mol. The molecule has 142 valence electrons. The lowest BCUT2D eigenvalue weighted by molar-refractivity contribution is -0.130. The first kappa shape index (κ1) is 17.7. The normalized spacial score (nSPS) is 16.8. The highest BCUT2D eigenvalue weighted by Crippen LogP contribution is 2.40. The Labute approximate surface area is 160 Å². The monoisotopic (exact) mass is 379 g/mol. The number of amides is 1. The van der Waals surface area contributed by atoms with Crippen LogP contribution in [0, 0.1) is 6.92 Å². The molecule has 1 aliphatic rings. The molecular formula is C21H17NO6. The number of hydrogen-bond donors (Lipinski definition) is 2. The van der Waals surface area contributed by atoms with Gasteiger partial charge in [-0.15, -0.1) is 0 Å². The van der Waals surface area contributed by atoms with E-state index in [0.717, 1.165) is 0 Å². The predicted octanol–water partition coefficient (Wildman–Crippen LogP) is 3.67. The zero-order valence-corrected chi connectivity index (χ0v) is 15.0. The number of aliphatic hydroxyl groups is 1. The van der Waals surface area contributed by atoms with Crippen molar-refractivity contribution in [1.29, 1.82) is 0 Å². The van der Waals surface area contributed by atoms with E-state index in [9.17, 15) is 19.8 Å². The number of carbonyl (C=O) groups is 2. The van der Waals surface area contributed by atoms with Crippen molar-refractivity contribution in [2.45, 2.75) is 19.5 Å². The zero-order chi connectivity index (χ0) is 19.8. The average Bonchev–Trinajstić information content (AvgIpc) is 3.40. The Kier molecular flexibility index (Phi) is 4.27. The van der Waals surface area contributed by atoms with E-state index >= 15 is 0 Å². The minimum atomic E-state index is -0.851. The van der Waals surface area contributed by atoms with E-state index in [0.29, 0.717) is 17.1 Å². The molecule has 0 fully saturated rings. The lowest BCUT2D eigenvalue weighted by atomic mass is 9.95. The van der Waals surface area contributed by atoms with E-state index < -0.39 is 23.5 Å². The number of furan rings is 2. The summed E-state index contributed by atoms with van der Waals surface area (Å²) in [5.74, 6) is -0.735. The molecule has 1 atom stereocenters. The van der Waals surface area contributed by atoms with Crippen LogP contribution in [0.1, 0.15) is 33.7 Å². The summed E-state index contributed by atoms with van der Waals surface area (Å²) in [5, 5.41) is 20.1. The van der Waals surface area contributed by atoms with Crippen LogP contribution in [0.2, 0.25) is 0 Å². The van der Waals surface area contributed by atoms with Gasteiger partial charge in [-0.25, -0.2) is 0 Å². The van der Waals surface area contributed by atoms with Crippen LogP contribution in [0.5, 0.6) is 5.75 Å². The van der Waals surface area contributed by atoms with Crippen LogP contribution in [-0.4, -0.2) is 26.8 Å². The first-order chi connectivity index (χ1) is 13.5. The molecule has 4 rings (SSSR count). The minimum absolute atomic E-state index is 0.0375. The highest BCUT2D eigenvalue weighted by molar-refractivity contribution is 6.15. The second-order valence-corrected chi connectivity index (χ2v) is 6.51. The molecule has 0 saturated carbocycles. The fraction of sp³-hybridized carbons (Fsp3) is 0.143. The molecule has 0 radical (unpaired) electrons. The number of nitrogens with zero attached hydrogens (tertiary/aromatic N) is 1. The van der Waals surface area contributed by atoms with Crippen molar-refractivity contribution >= 4 is 11.7 Å². The van der Waals surface area contributed by atoms with Gasteiger partial charge in [-0.2, -0.15) is 0 Å². The van der Waals surface area contributed by atoms with Gasteiger partial charge in [0.2, 0.25) is 5.78 Å². The highest BCUT2D eigenvalue weighted by atomic mass is 16.3. The van der Waals surface area contributed by atoms with Crippen molar-refractivity contribution in [1.82, 2.24) is 4.90 Å². The molecule has 1 aliphatic heterocycles. The molecule has 2 aromatic heterocycles. The van der Waals surface area contributed by atoms with Gasteiger partial charge in [-0.05, 0) is 48.9 Å². The van der Waals surface area contributed by atoms with Gasteiger partial charge in [0.05, 0.1) is 24.4 Å². The number of aromatic hydroxyl groups is 1. The fourth-order valence-corrected chi connectivity index (χ4v) is 3.31. The van der Waals surface area contributed by atoms with Crippen LogP contribution in [0.4, 0.5) is 0 Å². The van der Waals surface area contributed by atoms with Crippen molar-refractivity contribution in [3.05, 3.63) is 89.0 Å². The number of benzene rings is 1. The molecule has 0 spiro atoms. The van der Waals surface area contributed by atoms with Crippen LogP contribution in [0.25, 0.3) is 0 Å². The summed E-state index contributed by atoms with van der Waals surface area (Å²) < 4.78 is 10.7. The summed E-state index contributed by atoms with van der Waals surface area (Å²) in [5.41, 5.74) is 0.491. The molecular weight excluding hydrogens is 362 g/mol. The Hall–Kier alpha value is -3.74. The van der Waals surface area contributed by atoms with Crippen molar-refractivity contribution < 1.29 is 28.6 Å². The molecule has 2 N–H and O–H groups in total. The number of Topliss-reactive ketones (excluding diaryl/α,β-unsaturated/α-hetero) is 1.